The number of halogens is 2. The van der Waals surface area contributed by atoms with Gasteiger partial charge in [-0.05, 0) is 30.5 Å². The van der Waals surface area contributed by atoms with Crippen molar-refractivity contribution < 1.29 is 13.9 Å². The topological polar surface area (TPSA) is 30.5 Å². The molecule has 122 valence electrons. The molecule has 1 fully saturated rings. The number of nitrogens with one attached hydrogen (secondary N) is 1. The molecule has 0 bridgehead atoms. The van der Waals surface area contributed by atoms with Crippen molar-refractivity contribution in [1.82, 2.24) is 5.32 Å². The second kappa shape index (κ2) is 7.20. The molecule has 0 atom stereocenters. The van der Waals surface area contributed by atoms with Crippen LogP contribution in [-0.2, 0) is 13.2 Å². The molecule has 0 aliphatic heterocycles. The lowest BCUT2D eigenvalue weighted by molar-refractivity contribution is 0.279. The summed E-state index contributed by atoms with van der Waals surface area (Å²) in [5, 5.41) is 4.03. The fourth-order valence-corrected chi connectivity index (χ4v) is 2.52. The first-order valence-corrected chi connectivity index (χ1v) is 8.01. The highest BCUT2D eigenvalue weighted by Gasteiger charge is 2.21. The maximum atomic E-state index is 13.7. The molecule has 0 saturated heterocycles. The molecule has 2 aromatic carbocycles. The third-order valence-corrected chi connectivity index (χ3v) is 4.18. The van der Waals surface area contributed by atoms with Gasteiger partial charge in [0, 0.05) is 29.2 Å². The van der Waals surface area contributed by atoms with E-state index in [-0.39, 0.29) is 12.4 Å². The van der Waals surface area contributed by atoms with Gasteiger partial charge in [-0.25, -0.2) is 4.39 Å². The van der Waals surface area contributed by atoms with E-state index in [1.54, 1.807) is 31.4 Å². The van der Waals surface area contributed by atoms with E-state index < -0.39 is 0 Å². The zero-order valence-corrected chi connectivity index (χ0v) is 13.7. The van der Waals surface area contributed by atoms with Gasteiger partial charge in [-0.15, -0.1) is 0 Å². The van der Waals surface area contributed by atoms with Crippen molar-refractivity contribution in [1.29, 1.82) is 0 Å². The van der Waals surface area contributed by atoms with Crippen LogP contribution in [0.2, 0.25) is 5.02 Å². The number of benzene rings is 2. The molecule has 1 saturated carbocycles. The summed E-state index contributed by atoms with van der Waals surface area (Å²) in [6.07, 6.45) is 2.44. The second-order valence-corrected chi connectivity index (χ2v) is 6.04. The number of ether oxygens (including phenoxy) is 2. The van der Waals surface area contributed by atoms with Gasteiger partial charge in [0.25, 0.3) is 0 Å². The molecule has 0 amide bonds. The zero-order chi connectivity index (χ0) is 16.2. The van der Waals surface area contributed by atoms with Crippen LogP contribution < -0.4 is 14.8 Å². The van der Waals surface area contributed by atoms with Crippen molar-refractivity contribution in [2.24, 2.45) is 0 Å². The smallest absolute Gasteiger partial charge is 0.163 e. The van der Waals surface area contributed by atoms with Gasteiger partial charge in [0.15, 0.2) is 11.5 Å². The molecule has 0 aromatic heterocycles. The molecular formula is C18H19ClFNO2. The van der Waals surface area contributed by atoms with Crippen LogP contribution in [0.15, 0.2) is 36.4 Å². The Balaban J connectivity index is 1.72. The van der Waals surface area contributed by atoms with E-state index in [1.807, 2.05) is 6.07 Å². The fraction of sp³-hybridized carbons (Fsp3) is 0.333. The zero-order valence-electron chi connectivity index (χ0n) is 12.9. The van der Waals surface area contributed by atoms with Crippen LogP contribution in [-0.4, -0.2) is 13.2 Å². The van der Waals surface area contributed by atoms with Crippen molar-refractivity contribution in [3.05, 3.63) is 58.4 Å². The highest BCUT2D eigenvalue weighted by atomic mass is 35.5. The van der Waals surface area contributed by atoms with E-state index in [9.17, 15) is 4.39 Å². The summed E-state index contributed by atoms with van der Waals surface area (Å²) in [4.78, 5) is 0. The average Bonchev–Trinajstić information content (AvgIpc) is 3.37. The Hall–Kier alpha value is -1.78. The number of methoxy groups -OCH3 is 1. The van der Waals surface area contributed by atoms with Crippen molar-refractivity contribution >= 4 is 11.6 Å². The van der Waals surface area contributed by atoms with Crippen LogP contribution in [0.5, 0.6) is 11.5 Å². The first kappa shape index (κ1) is 16.1. The largest absolute Gasteiger partial charge is 0.493 e. The summed E-state index contributed by atoms with van der Waals surface area (Å²) in [7, 11) is 1.58. The van der Waals surface area contributed by atoms with Crippen molar-refractivity contribution in [2.75, 3.05) is 7.11 Å². The maximum Gasteiger partial charge on any atom is 0.163 e. The quantitative estimate of drug-likeness (QED) is 0.817. The number of hydrogen-bond donors (Lipinski definition) is 1. The second-order valence-electron chi connectivity index (χ2n) is 5.63. The first-order chi connectivity index (χ1) is 11.2. The SMILES string of the molecule is COc1cc(CNC2CC2)c(Cl)cc1OCc1ccccc1F. The summed E-state index contributed by atoms with van der Waals surface area (Å²) in [5.41, 5.74) is 1.46. The third-order valence-electron chi connectivity index (χ3n) is 3.83. The predicted molar refractivity (Wildman–Crippen MR) is 88.6 cm³/mol. The average molecular weight is 336 g/mol. The first-order valence-electron chi connectivity index (χ1n) is 7.63. The lowest BCUT2D eigenvalue weighted by Crippen LogP contribution is -2.15. The van der Waals surface area contributed by atoms with E-state index in [4.69, 9.17) is 21.1 Å². The van der Waals surface area contributed by atoms with E-state index in [0.717, 1.165) is 5.56 Å². The van der Waals surface area contributed by atoms with Crippen LogP contribution in [0.1, 0.15) is 24.0 Å². The van der Waals surface area contributed by atoms with E-state index in [0.29, 0.717) is 34.7 Å². The Labute approximate surface area is 140 Å². The highest BCUT2D eigenvalue weighted by Crippen LogP contribution is 2.34. The molecule has 23 heavy (non-hydrogen) atoms. The van der Waals surface area contributed by atoms with Gasteiger partial charge in [-0.1, -0.05) is 29.8 Å². The standard InChI is InChI=1S/C18H19ClFNO2/c1-22-17-8-13(10-21-14-6-7-14)15(19)9-18(17)23-11-12-4-2-3-5-16(12)20/h2-5,8-9,14,21H,6-7,10-11H2,1H3. The van der Waals surface area contributed by atoms with Gasteiger partial charge in [-0.3, -0.25) is 0 Å². The molecule has 0 heterocycles. The maximum absolute atomic E-state index is 13.7. The molecule has 5 heteroatoms. The molecule has 1 N–H and O–H groups in total. The molecule has 3 rings (SSSR count). The van der Waals surface area contributed by atoms with Gasteiger partial charge in [0.05, 0.1) is 7.11 Å². The van der Waals surface area contributed by atoms with Gasteiger partial charge < -0.3 is 14.8 Å². The molecule has 0 spiro atoms. The Morgan fingerprint density at radius 3 is 2.65 bits per heavy atom. The minimum absolute atomic E-state index is 0.124. The van der Waals surface area contributed by atoms with Crippen molar-refractivity contribution in [3.8, 4) is 11.5 Å². The van der Waals surface area contributed by atoms with Gasteiger partial charge >= 0.3 is 0 Å². The summed E-state index contributed by atoms with van der Waals surface area (Å²) in [6.45, 7) is 0.826. The van der Waals surface area contributed by atoms with Crippen LogP contribution >= 0.6 is 11.6 Å². The Kier molecular flexibility index (Phi) is 5.03. The normalized spacial score (nSPS) is 13.9. The minimum atomic E-state index is -0.289. The summed E-state index contributed by atoms with van der Waals surface area (Å²) < 4.78 is 24.7. The Bertz CT molecular complexity index is 689. The summed E-state index contributed by atoms with van der Waals surface area (Å²) >= 11 is 6.33. The summed E-state index contributed by atoms with van der Waals surface area (Å²) in [6, 6.07) is 10.7. The molecule has 0 radical (unpaired) electrons. The molecule has 0 unspecified atom stereocenters. The van der Waals surface area contributed by atoms with Gasteiger partial charge in [0.2, 0.25) is 0 Å². The highest BCUT2D eigenvalue weighted by molar-refractivity contribution is 6.31. The monoisotopic (exact) mass is 335 g/mol. The molecular weight excluding hydrogens is 317 g/mol. The van der Waals surface area contributed by atoms with E-state index in [2.05, 4.69) is 5.32 Å². The minimum Gasteiger partial charge on any atom is -0.493 e. The number of hydrogen-bond acceptors (Lipinski definition) is 3. The van der Waals surface area contributed by atoms with Crippen molar-refractivity contribution in [3.63, 3.8) is 0 Å². The third kappa shape index (κ3) is 4.15. The van der Waals surface area contributed by atoms with Crippen LogP contribution in [0, 0.1) is 5.82 Å². The number of rotatable bonds is 7. The molecule has 1 aliphatic rings. The van der Waals surface area contributed by atoms with E-state index >= 15 is 0 Å². The molecule has 1 aliphatic carbocycles. The lowest BCUT2D eigenvalue weighted by Gasteiger charge is -2.14. The lowest BCUT2D eigenvalue weighted by atomic mass is 10.2. The van der Waals surface area contributed by atoms with E-state index in [1.165, 1.54) is 18.9 Å². The van der Waals surface area contributed by atoms with Crippen LogP contribution in [0.4, 0.5) is 4.39 Å². The Morgan fingerprint density at radius 2 is 1.96 bits per heavy atom. The molecule has 2 aromatic rings. The Morgan fingerprint density at radius 1 is 1.17 bits per heavy atom. The van der Waals surface area contributed by atoms with Crippen LogP contribution in [0.3, 0.4) is 0 Å². The fourth-order valence-electron chi connectivity index (χ4n) is 2.30. The van der Waals surface area contributed by atoms with Crippen LogP contribution in [0.25, 0.3) is 0 Å². The van der Waals surface area contributed by atoms with Gasteiger partial charge in [-0.2, -0.15) is 0 Å². The summed E-state index contributed by atoms with van der Waals surface area (Å²) in [5.74, 6) is 0.817. The van der Waals surface area contributed by atoms with Gasteiger partial charge in [0.1, 0.15) is 12.4 Å². The predicted octanol–water partition coefficient (Wildman–Crippen LogP) is 4.32. The van der Waals surface area contributed by atoms with Crippen molar-refractivity contribution in [2.45, 2.75) is 32.0 Å². The molecule has 3 nitrogen and oxygen atoms in total.